The van der Waals surface area contributed by atoms with Crippen molar-refractivity contribution in [2.24, 2.45) is 5.73 Å². The van der Waals surface area contributed by atoms with Gasteiger partial charge in [0.05, 0.1) is 0 Å². The van der Waals surface area contributed by atoms with Gasteiger partial charge < -0.3 is 21.5 Å². The molecule has 6 heteroatoms. The lowest BCUT2D eigenvalue weighted by atomic mass is 10.1. The number of amides is 3. The van der Waals surface area contributed by atoms with Gasteiger partial charge in [0.25, 0.3) is 0 Å². The van der Waals surface area contributed by atoms with Crippen molar-refractivity contribution in [3.05, 3.63) is 29.8 Å². The van der Waals surface area contributed by atoms with Gasteiger partial charge in [0.1, 0.15) is 6.04 Å². The van der Waals surface area contributed by atoms with Crippen LogP contribution in [0.25, 0.3) is 0 Å². The molecule has 110 valence electrons. The molecule has 0 fully saturated rings. The van der Waals surface area contributed by atoms with E-state index in [1.54, 1.807) is 12.1 Å². The average molecular weight is 279 g/mol. The summed E-state index contributed by atoms with van der Waals surface area (Å²) in [6, 6.07) is 5.85. The zero-order valence-electron chi connectivity index (χ0n) is 11.6. The van der Waals surface area contributed by atoms with Gasteiger partial charge in [0, 0.05) is 12.3 Å². The summed E-state index contributed by atoms with van der Waals surface area (Å²) in [5.74, 6) is -0.291. The molecule has 5 N–H and O–H groups in total. The molecule has 1 aromatic rings. The summed E-state index contributed by atoms with van der Waals surface area (Å²) < 4.78 is 0. The van der Waals surface area contributed by atoms with Gasteiger partial charge in [-0.2, -0.15) is 0 Å². The molecular weight excluding hydrogens is 258 g/mol. The van der Waals surface area contributed by atoms with Gasteiger partial charge in [-0.05, 0) is 30.5 Å². The molecule has 0 bridgehead atoms. The van der Waals surface area contributed by atoms with Crippen molar-refractivity contribution in [3.8, 4) is 0 Å². The summed E-state index contributed by atoms with van der Waals surface area (Å²) in [5.41, 5.74) is 6.69. The maximum absolute atomic E-state index is 12.0. The van der Waals surface area contributed by atoms with Crippen molar-refractivity contribution in [2.45, 2.75) is 32.2 Å². The molecule has 1 atom stereocenters. The first-order chi connectivity index (χ1) is 9.56. The standard InChI is InChI=1S/C14H21N3O3/c1-2-3-12(17-14(15)20)13(19)16-11-6-4-10(5-7-11)8-9-18/h4-7,12,18H,2-3,8-9H2,1H3,(H,16,19)(H3,15,17,20)/t12-/m1/s1. The molecule has 1 aromatic carbocycles. The number of nitrogens with one attached hydrogen (secondary N) is 2. The third kappa shape index (κ3) is 5.27. The molecule has 0 heterocycles. The predicted molar refractivity (Wildman–Crippen MR) is 77.3 cm³/mol. The first-order valence-electron chi connectivity index (χ1n) is 6.63. The Labute approximate surface area is 118 Å². The van der Waals surface area contributed by atoms with E-state index < -0.39 is 12.1 Å². The third-order valence-corrected chi connectivity index (χ3v) is 2.83. The highest BCUT2D eigenvalue weighted by Gasteiger charge is 2.18. The minimum absolute atomic E-state index is 0.0901. The van der Waals surface area contributed by atoms with Gasteiger partial charge in [0.2, 0.25) is 5.91 Å². The Balaban J connectivity index is 2.64. The summed E-state index contributed by atoms with van der Waals surface area (Å²) in [6.45, 7) is 2.01. The average Bonchev–Trinajstić information content (AvgIpc) is 2.40. The molecule has 0 saturated heterocycles. The van der Waals surface area contributed by atoms with Gasteiger partial charge in [-0.25, -0.2) is 4.79 Å². The number of rotatable bonds is 7. The van der Waals surface area contributed by atoms with E-state index in [-0.39, 0.29) is 12.5 Å². The quantitative estimate of drug-likeness (QED) is 0.598. The molecule has 0 aliphatic heterocycles. The van der Waals surface area contributed by atoms with E-state index in [1.807, 2.05) is 19.1 Å². The normalized spacial score (nSPS) is 11.7. The smallest absolute Gasteiger partial charge is 0.312 e. The second kappa shape index (κ2) is 8.16. The number of urea groups is 1. The molecule has 6 nitrogen and oxygen atoms in total. The fraction of sp³-hybridized carbons (Fsp3) is 0.429. The van der Waals surface area contributed by atoms with Crippen molar-refractivity contribution >= 4 is 17.6 Å². The van der Waals surface area contributed by atoms with Crippen LogP contribution in [0.5, 0.6) is 0 Å². The highest BCUT2D eigenvalue weighted by Crippen LogP contribution is 2.11. The van der Waals surface area contributed by atoms with E-state index in [4.69, 9.17) is 10.8 Å². The lowest BCUT2D eigenvalue weighted by molar-refractivity contribution is -0.118. The highest BCUT2D eigenvalue weighted by atomic mass is 16.3. The maximum atomic E-state index is 12.0. The number of carbonyl (C=O) groups is 2. The lowest BCUT2D eigenvalue weighted by Gasteiger charge is -2.16. The first kappa shape index (κ1) is 16.0. The minimum Gasteiger partial charge on any atom is -0.396 e. The van der Waals surface area contributed by atoms with Crippen molar-refractivity contribution in [1.82, 2.24) is 5.32 Å². The van der Waals surface area contributed by atoms with E-state index in [2.05, 4.69) is 10.6 Å². The van der Waals surface area contributed by atoms with Crippen LogP contribution < -0.4 is 16.4 Å². The summed E-state index contributed by atoms with van der Waals surface area (Å²) in [5, 5.41) is 14.0. The Kier molecular flexibility index (Phi) is 6.52. The topological polar surface area (TPSA) is 104 Å². The summed E-state index contributed by atoms with van der Waals surface area (Å²) in [6.07, 6.45) is 1.86. The molecule has 0 saturated carbocycles. The number of aliphatic hydroxyl groups is 1. The molecule has 0 aliphatic rings. The molecule has 3 amide bonds. The fourth-order valence-electron chi connectivity index (χ4n) is 1.84. The van der Waals surface area contributed by atoms with Crippen LogP contribution in [0.4, 0.5) is 10.5 Å². The molecule has 0 spiro atoms. The van der Waals surface area contributed by atoms with Gasteiger partial charge in [-0.3, -0.25) is 4.79 Å². The largest absolute Gasteiger partial charge is 0.396 e. The number of carbonyl (C=O) groups excluding carboxylic acids is 2. The summed E-state index contributed by atoms with van der Waals surface area (Å²) >= 11 is 0. The Morgan fingerprint density at radius 2 is 1.95 bits per heavy atom. The second-order valence-electron chi connectivity index (χ2n) is 4.51. The Hall–Kier alpha value is -2.08. The van der Waals surface area contributed by atoms with Crippen molar-refractivity contribution in [1.29, 1.82) is 0 Å². The number of primary amides is 1. The zero-order chi connectivity index (χ0) is 15.0. The molecule has 20 heavy (non-hydrogen) atoms. The van der Waals surface area contributed by atoms with E-state index >= 15 is 0 Å². The molecule has 0 radical (unpaired) electrons. The fourth-order valence-corrected chi connectivity index (χ4v) is 1.84. The predicted octanol–water partition coefficient (Wildman–Crippen LogP) is 0.997. The van der Waals surface area contributed by atoms with Crippen LogP contribution in [-0.2, 0) is 11.2 Å². The van der Waals surface area contributed by atoms with Crippen molar-refractivity contribution in [3.63, 3.8) is 0 Å². The Morgan fingerprint density at radius 1 is 1.30 bits per heavy atom. The Bertz CT molecular complexity index is 445. The minimum atomic E-state index is -0.711. The van der Waals surface area contributed by atoms with Crippen LogP contribution in [-0.4, -0.2) is 29.7 Å². The monoisotopic (exact) mass is 279 g/mol. The number of hydrogen-bond donors (Lipinski definition) is 4. The number of aliphatic hydroxyl groups excluding tert-OH is 1. The van der Waals surface area contributed by atoms with Crippen LogP contribution in [0, 0.1) is 0 Å². The zero-order valence-corrected chi connectivity index (χ0v) is 11.6. The van der Waals surface area contributed by atoms with Crippen LogP contribution in [0.3, 0.4) is 0 Å². The van der Waals surface area contributed by atoms with Crippen LogP contribution in [0.15, 0.2) is 24.3 Å². The van der Waals surface area contributed by atoms with Crippen molar-refractivity contribution in [2.75, 3.05) is 11.9 Å². The van der Waals surface area contributed by atoms with E-state index in [9.17, 15) is 9.59 Å². The molecule has 1 rings (SSSR count). The van der Waals surface area contributed by atoms with Gasteiger partial charge in [0.15, 0.2) is 0 Å². The summed E-state index contributed by atoms with van der Waals surface area (Å²) in [4.78, 5) is 22.9. The number of hydrogen-bond acceptors (Lipinski definition) is 3. The Morgan fingerprint density at radius 3 is 2.45 bits per heavy atom. The molecule has 0 aromatic heterocycles. The third-order valence-electron chi connectivity index (χ3n) is 2.83. The second-order valence-corrected chi connectivity index (χ2v) is 4.51. The lowest BCUT2D eigenvalue weighted by Crippen LogP contribution is -2.46. The first-order valence-corrected chi connectivity index (χ1v) is 6.63. The molecular formula is C14H21N3O3. The van der Waals surface area contributed by atoms with Crippen LogP contribution in [0.1, 0.15) is 25.3 Å². The van der Waals surface area contributed by atoms with Gasteiger partial charge in [-0.1, -0.05) is 25.5 Å². The number of anilines is 1. The molecule has 0 unspecified atom stereocenters. The summed E-state index contributed by atoms with van der Waals surface area (Å²) in [7, 11) is 0. The SMILES string of the molecule is CCC[C@@H](NC(N)=O)C(=O)Nc1ccc(CCO)cc1. The maximum Gasteiger partial charge on any atom is 0.312 e. The van der Waals surface area contributed by atoms with E-state index in [1.165, 1.54) is 0 Å². The van der Waals surface area contributed by atoms with Crippen molar-refractivity contribution < 1.29 is 14.7 Å². The van der Waals surface area contributed by atoms with Crippen LogP contribution >= 0.6 is 0 Å². The highest BCUT2D eigenvalue weighted by molar-refractivity contribution is 5.96. The van der Waals surface area contributed by atoms with Crippen LogP contribution in [0.2, 0.25) is 0 Å². The van der Waals surface area contributed by atoms with Gasteiger partial charge >= 0.3 is 6.03 Å². The van der Waals surface area contributed by atoms with E-state index in [0.29, 0.717) is 18.5 Å². The number of benzene rings is 1. The van der Waals surface area contributed by atoms with E-state index in [0.717, 1.165) is 12.0 Å². The molecule has 0 aliphatic carbocycles. The number of nitrogens with two attached hydrogens (primary N) is 1. The van der Waals surface area contributed by atoms with Gasteiger partial charge in [-0.15, -0.1) is 0 Å².